The number of carbonyl (C=O) groups excluding carboxylic acids is 1. The number of anilines is 1. The Labute approximate surface area is 204 Å². The van der Waals surface area contributed by atoms with Gasteiger partial charge in [0.05, 0.1) is 28.8 Å². The van der Waals surface area contributed by atoms with E-state index in [1.165, 1.54) is 36.4 Å². The van der Waals surface area contributed by atoms with Crippen LogP contribution in [0.3, 0.4) is 0 Å². The van der Waals surface area contributed by atoms with E-state index in [1.807, 2.05) is 5.32 Å². The summed E-state index contributed by atoms with van der Waals surface area (Å²) < 4.78 is 68.4. The minimum atomic E-state index is -4.60. The van der Waals surface area contributed by atoms with Gasteiger partial charge in [0, 0.05) is 17.3 Å². The summed E-state index contributed by atoms with van der Waals surface area (Å²) in [5.41, 5.74) is 7.54. The fourth-order valence-electron chi connectivity index (χ4n) is 3.44. The van der Waals surface area contributed by atoms with Crippen molar-refractivity contribution in [3.8, 4) is 11.4 Å². The summed E-state index contributed by atoms with van der Waals surface area (Å²) >= 11 is 0. The highest BCUT2D eigenvalue weighted by molar-refractivity contribution is 6.01. The lowest BCUT2D eigenvalue weighted by Crippen LogP contribution is -2.43. The Kier molecular flexibility index (Phi) is 7.91. The molecule has 0 aliphatic carbocycles. The van der Waals surface area contributed by atoms with Gasteiger partial charge in [0.1, 0.15) is 23.3 Å². The fraction of sp³-hybridized carbons (Fsp3) is 0.240. The van der Waals surface area contributed by atoms with Crippen LogP contribution in [0.15, 0.2) is 60.7 Å². The molecule has 0 saturated carbocycles. The van der Waals surface area contributed by atoms with E-state index in [9.17, 15) is 26.7 Å². The lowest BCUT2D eigenvalue weighted by Gasteiger charge is -2.17. The fourth-order valence-corrected chi connectivity index (χ4v) is 3.44. The van der Waals surface area contributed by atoms with Gasteiger partial charge in [0.2, 0.25) is 0 Å². The third-order valence-electron chi connectivity index (χ3n) is 5.32. The molecular formula is C25H24F5N5O. The van der Waals surface area contributed by atoms with E-state index in [0.717, 1.165) is 19.3 Å². The Morgan fingerprint density at radius 2 is 1.97 bits per heavy atom. The maximum atomic E-state index is 14.5. The van der Waals surface area contributed by atoms with E-state index in [0.29, 0.717) is 12.1 Å². The molecule has 36 heavy (non-hydrogen) atoms. The first-order valence-corrected chi connectivity index (χ1v) is 11.0. The first-order valence-electron chi connectivity index (χ1n) is 11.0. The average Bonchev–Trinajstić information content (AvgIpc) is 3.12. The second-order valence-electron chi connectivity index (χ2n) is 7.86. The Morgan fingerprint density at radius 3 is 2.56 bits per heavy atom. The van der Waals surface area contributed by atoms with Crippen LogP contribution in [0.25, 0.3) is 28.1 Å². The van der Waals surface area contributed by atoms with Gasteiger partial charge in [-0.2, -0.15) is 13.2 Å². The predicted molar refractivity (Wildman–Crippen MR) is 129 cm³/mol. The topological polar surface area (TPSA) is 85.8 Å². The summed E-state index contributed by atoms with van der Waals surface area (Å²) in [6.45, 7) is 4.35. The van der Waals surface area contributed by atoms with Crippen molar-refractivity contribution in [1.82, 2.24) is 19.9 Å². The van der Waals surface area contributed by atoms with Gasteiger partial charge < -0.3 is 11.1 Å². The zero-order chi connectivity index (χ0) is 26.6. The molecule has 3 heterocycles. The van der Waals surface area contributed by atoms with E-state index >= 15 is 0 Å². The number of aromatic nitrogens is 3. The molecule has 6 nitrogen and oxygen atoms in total. The number of amides is 1. The molecule has 0 aliphatic rings. The number of hydrogen-bond acceptors (Lipinski definition) is 4. The molecule has 3 aromatic heterocycles. The van der Waals surface area contributed by atoms with Crippen LogP contribution in [0.5, 0.6) is 0 Å². The third-order valence-corrected chi connectivity index (χ3v) is 5.32. The zero-order valence-electron chi connectivity index (χ0n) is 19.7. The summed E-state index contributed by atoms with van der Waals surface area (Å²) in [6, 6.07) is 1.82. The van der Waals surface area contributed by atoms with E-state index < -0.39 is 29.8 Å². The van der Waals surface area contributed by atoms with Crippen molar-refractivity contribution in [1.29, 1.82) is 0 Å². The summed E-state index contributed by atoms with van der Waals surface area (Å²) in [7, 11) is 0. The summed E-state index contributed by atoms with van der Waals surface area (Å²) in [5, 5.41) is 2.13. The number of fused-ring (bicyclic) bond motifs is 1. The number of alkyl halides is 3. The molecule has 3 aromatic rings. The quantitative estimate of drug-likeness (QED) is 0.297. The number of allylic oxidation sites excluding steroid dienone is 6. The number of rotatable bonds is 7. The standard InChI is InChI=1S/C25H24F5N5O/c1-4-6-7-16(26)10-18(5-2)35-22(21(31)19-11-17(27)13-33-23(19)35)20-9-8-15(12-32-20)24(36)34-14(3)25(28,29)30/h4,6-14H,5,31H2,1-3H3,(H,34,36). The second-order valence-corrected chi connectivity index (χ2v) is 7.86. The largest absolute Gasteiger partial charge is 0.408 e. The molecular weight excluding hydrogens is 481 g/mol. The first kappa shape index (κ1) is 26.6. The van der Waals surface area contributed by atoms with Crippen molar-refractivity contribution >= 4 is 28.3 Å². The smallest absolute Gasteiger partial charge is 0.396 e. The number of nitrogens with one attached hydrogen (secondary N) is 1. The zero-order valence-corrected chi connectivity index (χ0v) is 19.7. The minimum Gasteiger partial charge on any atom is -0.396 e. The van der Waals surface area contributed by atoms with Gasteiger partial charge in [-0.05, 0) is 50.6 Å². The monoisotopic (exact) mass is 505 g/mol. The summed E-state index contributed by atoms with van der Waals surface area (Å²) in [6.07, 6.45) is 3.59. The average molecular weight is 505 g/mol. The SMILES string of the molecule is CC=CC=C(F)C=C(CC)n1c(-c2ccc(C(=O)NC(C)C(F)(F)F)cn2)c(N)c2cc(F)cnc21. The summed E-state index contributed by atoms with van der Waals surface area (Å²) in [4.78, 5) is 20.6. The molecule has 11 heteroatoms. The number of nitrogens with zero attached hydrogens (tertiary/aromatic N) is 3. The van der Waals surface area contributed by atoms with E-state index in [2.05, 4.69) is 9.97 Å². The number of halogens is 5. The Balaban J connectivity index is 2.14. The minimum absolute atomic E-state index is 0.105. The number of hydrogen-bond donors (Lipinski definition) is 2. The van der Waals surface area contributed by atoms with Crippen molar-refractivity contribution in [2.45, 2.75) is 39.4 Å². The Bertz CT molecular complexity index is 1350. The normalized spacial score (nSPS) is 14.0. The van der Waals surface area contributed by atoms with Gasteiger partial charge in [0.25, 0.3) is 5.91 Å². The van der Waals surface area contributed by atoms with Crippen LogP contribution >= 0.6 is 0 Å². The molecule has 1 unspecified atom stereocenters. The van der Waals surface area contributed by atoms with E-state index in [1.54, 1.807) is 24.5 Å². The Morgan fingerprint density at radius 1 is 1.25 bits per heavy atom. The molecule has 0 saturated heterocycles. The molecule has 0 fully saturated rings. The predicted octanol–water partition coefficient (Wildman–Crippen LogP) is 6.18. The van der Waals surface area contributed by atoms with E-state index in [4.69, 9.17) is 5.73 Å². The van der Waals surface area contributed by atoms with Crippen molar-refractivity contribution < 1.29 is 26.7 Å². The van der Waals surface area contributed by atoms with Gasteiger partial charge in [-0.25, -0.2) is 13.8 Å². The van der Waals surface area contributed by atoms with Crippen LogP contribution in [0.4, 0.5) is 27.6 Å². The van der Waals surface area contributed by atoms with Crippen molar-refractivity contribution in [3.05, 3.63) is 72.1 Å². The van der Waals surface area contributed by atoms with Gasteiger partial charge in [-0.3, -0.25) is 14.3 Å². The van der Waals surface area contributed by atoms with Gasteiger partial charge in [-0.15, -0.1) is 0 Å². The molecule has 1 amide bonds. The number of nitrogens with two attached hydrogens (primary N) is 1. The van der Waals surface area contributed by atoms with Gasteiger partial charge >= 0.3 is 6.18 Å². The van der Waals surface area contributed by atoms with Crippen molar-refractivity contribution in [2.75, 3.05) is 5.73 Å². The third kappa shape index (κ3) is 5.61. The van der Waals surface area contributed by atoms with Crippen molar-refractivity contribution in [2.24, 2.45) is 0 Å². The van der Waals surface area contributed by atoms with Crippen LogP contribution in [0.2, 0.25) is 0 Å². The van der Waals surface area contributed by atoms with Crippen LogP contribution in [0, 0.1) is 5.82 Å². The van der Waals surface area contributed by atoms with Crippen LogP contribution in [-0.2, 0) is 0 Å². The van der Waals surface area contributed by atoms with Gasteiger partial charge in [-0.1, -0.05) is 19.1 Å². The Hall–Kier alpha value is -4.02. The molecule has 3 N–H and O–H groups in total. The van der Waals surface area contributed by atoms with Crippen LogP contribution < -0.4 is 11.1 Å². The maximum absolute atomic E-state index is 14.5. The van der Waals surface area contributed by atoms with Crippen LogP contribution in [0.1, 0.15) is 37.6 Å². The molecule has 0 bridgehead atoms. The molecule has 0 aliphatic heterocycles. The molecule has 0 radical (unpaired) electrons. The lowest BCUT2D eigenvalue weighted by molar-refractivity contribution is -0.149. The second kappa shape index (κ2) is 10.7. The first-order chi connectivity index (χ1) is 17.0. The summed E-state index contributed by atoms with van der Waals surface area (Å²) in [5.74, 6) is -2.13. The highest BCUT2D eigenvalue weighted by atomic mass is 19.4. The van der Waals surface area contributed by atoms with Crippen molar-refractivity contribution in [3.63, 3.8) is 0 Å². The maximum Gasteiger partial charge on any atom is 0.408 e. The number of pyridine rings is 2. The van der Waals surface area contributed by atoms with Gasteiger partial charge in [0.15, 0.2) is 0 Å². The number of nitrogen functional groups attached to an aromatic ring is 1. The molecule has 3 rings (SSSR count). The molecule has 190 valence electrons. The molecule has 0 aromatic carbocycles. The highest BCUT2D eigenvalue weighted by Gasteiger charge is 2.37. The van der Waals surface area contributed by atoms with E-state index in [-0.39, 0.29) is 33.7 Å². The number of carbonyl (C=O) groups is 1. The van der Waals surface area contributed by atoms with Crippen LogP contribution in [-0.4, -0.2) is 32.7 Å². The highest BCUT2D eigenvalue weighted by Crippen LogP contribution is 2.38. The molecule has 0 spiro atoms. The lowest BCUT2D eigenvalue weighted by atomic mass is 10.1. The molecule has 1 atom stereocenters.